The molecule has 2 aliphatic rings. The molecule has 6 nitrogen and oxygen atoms in total. The quantitative estimate of drug-likeness (QED) is 0.664. The monoisotopic (exact) mass is 421 g/mol. The molecule has 1 aromatic carbocycles. The highest BCUT2D eigenvalue weighted by Gasteiger charge is 2.42. The van der Waals surface area contributed by atoms with Crippen molar-refractivity contribution in [1.82, 2.24) is 20.6 Å². The lowest BCUT2D eigenvalue weighted by atomic mass is 9.86. The number of aromatic nitrogens is 2. The molecule has 3 heterocycles. The van der Waals surface area contributed by atoms with E-state index in [1.807, 2.05) is 24.3 Å². The number of piperidine rings is 1. The highest BCUT2D eigenvalue weighted by Crippen LogP contribution is 2.39. The number of nitrogens with one attached hydrogen (secondary N) is 3. The van der Waals surface area contributed by atoms with Gasteiger partial charge in [-0.15, -0.1) is 0 Å². The van der Waals surface area contributed by atoms with Gasteiger partial charge in [0.25, 0.3) is 5.91 Å². The van der Waals surface area contributed by atoms with Crippen LogP contribution in [0.2, 0.25) is 0 Å². The van der Waals surface area contributed by atoms with Crippen LogP contribution in [-0.4, -0.2) is 33.6 Å². The van der Waals surface area contributed by atoms with Crippen molar-refractivity contribution < 1.29 is 18.0 Å². The number of amides is 1. The van der Waals surface area contributed by atoms with Crippen LogP contribution >= 0.6 is 12.2 Å². The predicted octanol–water partition coefficient (Wildman–Crippen LogP) is 3.20. The van der Waals surface area contributed by atoms with Crippen LogP contribution in [0, 0.1) is 5.92 Å². The Morgan fingerprint density at radius 2 is 2.10 bits per heavy atom. The molecular weight excluding hydrogens is 403 g/mol. The summed E-state index contributed by atoms with van der Waals surface area (Å²) in [4.78, 5) is 20.8. The minimum absolute atomic E-state index is 0.0131. The lowest BCUT2D eigenvalue weighted by molar-refractivity contribution is -0.183. The molecule has 152 valence electrons. The first kappa shape index (κ1) is 19.6. The summed E-state index contributed by atoms with van der Waals surface area (Å²) in [5, 5.41) is 8.40. The zero-order valence-electron chi connectivity index (χ0n) is 15.2. The molecule has 1 amide bonds. The number of aromatic amines is 1. The summed E-state index contributed by atoms with van der Waals surface area (Å²) in [7, 11) is 0. The molecule has 0 spiro atoms. The Balaban J connectivity index is 1.65. The fourth-order valence-electron chi connectivity index (χ4n) is 3.88. The van der Waals surface area contributed by atoms with Crippen LogP contribution in [0.3, 0.4) is 0 Å². The fourth-order valence-corrected chi connectivity index (χ4v) is 4.04. The predicted molar refractivity (Wildman–Crippen MR) is 104 cm³/mol. The Hall–Kier alpha value is -2.68. The van der Waals surface area contributed by atoms with Crippen molar-refractivity contribution in [3.63, 3.8) is 0 Å². The highest BCUT2D eigenvalue weighted by atomic mass is 32.1. The maximum atomic E-state index is 13.3. The third kappa shape index (κ3) is 3.78. The molecular formula is C19H18F3N5OS. The third-order valence-corrected chi connectivity index (χ3v) is 5.52. The smallest absolute Gasteiger partial charge is 0.339 e. The molecule has 2 aromatic rings. The number of benzene rings is 1. The first-order chi connectivity index (χ1) is 13.9. The van der Waals surface area contributed by atoms with Gasteiger partial charge in [-0.05, 0) is 47.8 Å². The molecule has 3 N–H and O–H groups in total. The minimum atomic E-state index is -4.20. The van der Waals surface area contributed by atoms with E-state index in [2.05, 4.69) is 25.6 Å². The van der Waals surface area contributed by atoms with E-state index in [0.717, 1.165) is 11.1 Å². The number of carbonyl (C=O) groups is 1. The van der Waals surface area contributed by atoms with Gasteiger partial charge in [-0.2, -0.15) is 13.2 Å². The zero-order valence-corrected chi connectivity index (χ0v) is 16.0. The summed E-state index contributed by atoms with van der Waals surface area (Å²) in [6, 6.07) is 6.92. The van der Waals surface area contributed by atoms with Gasteiger partial charge < -0.3 is 10.3 Å². The van der Waals surface area contributed by atoms with Crippen LogP contribution in [0.5, 0.6) is 0 Å². The summed E-state index contributed by atoms with van der Waals surface area (Å²) in [6.07, 6.45) is -2.73. The van der Waals surface area contributed by atoms with E-state index in [1.54, 1.807) is 4.90 Å². The molecule has 1 aromatic heterocycles. The maximum Gasteiger partial charge on any atom is 0.391 e. The molecule has 2 atom stereocenters. The number of carbonyl (C=O) groups excluding carboxylic acids is 1. The van der Waals surface area contributed by atoms with E-state index in [9.17, 15) is 18.0 Å². The van der Waals surface area contributed by atoms with Gasteiger partial charge >= 0.3 is 6.18 Å². The van der Waals surface area contributed by atoms with Crippen molar-refractivity contribution in [2.45, 2.75) is 31.6 Å². The number of anilines is 1. The van der Waals surface area contributed by atoms with Crippen molar-refractivity contribution in [3.05, 3.63) is 53.2 Å². The summed E-state index contributed by atoms with van der Waals surface area (Å²) in [6.45, 7) is 0.583. The second-order valence-corrected chi connectivity index (χ2v) is 7.26. The van der Waals surface area contributed by atoms with Crippen LogP contribution in [0.1, 0.15) is 40.5 Å². The van der Waals surface area contributed by atoms with E-state index in [4.69, 9.17) is 12.2 Å². The van der Waals surface area contributed by atoms with Gasteiger partial charge in [0.1, 0.15) is 5.69 Å². The van der Waals surface area contributed by atoms with Crippen molar-refractivity contribution >= 4 is 29.0 Å². The van der Waals surface area contributed by atoms with E-state index in [-0.39, 0.29) is 31.1 Å². The first-order valence-corrected chi connectivity index (χ1v) is 9.54. The van der Waals surface area contributed by atoms with Crippen LogP contribution in [-0.2, 0) is 6.54 Å². The van der Waals surface area contributed by atoms with Crippen molar-refractivity contribution in [1.29, 1.82) is 0 Å². The number of fused-ring (bicyclic) bond motifs is 1. The number of H-pyrrole nitrogens is 1. The second-order valence-electron chi connectivity index (χ2n) is 7.06. The van der Waals surface area contributed by atoms with Crippen LogP contribution in [0.15, 0.2) is 36.4 Å². The molecule has 1 fully saturated rings. The Morgan fingerprint density at radius 3 is 2.86 bits per heavy atom. The van der Waals surface area contributed by atoms with Crippen LogP contribution < -0.4 is 15.5 Å². The molecule has 10 heteroatoms. The molecule has 0 bridgehead atoms. The Bertz CT molecular complexity index is 982. The van der Waals surface area contributed by atoms with Gasteiger partial charge in [0.15, 0.2) is 11.6 Å². The average Bonchev–Trinajstić information content (AvgIpc) is 3.20. The number of nitrogens with zero attached hydrogens (tertiary/aromatic N) is 2. The summed E-state index contributed by atoms with van der Waals surface area (Å²) >= 11 is 4.92. The number of imidazole rings is 1. The number of hydrogen-bond donors (Lipinski definition) is 3. The largest absolute Gasteiger partial charge is 0.391 e. The van der Waals surface area contributed by atoms with E-state index in [0.29, 0.717) is 18.1 Å². The number of rotatable bonds is 3. The molecule has 0 aliphatic carbocycles. The number of hydrogen-bond acceptors (Lipinski definition) is 5. The molecule has 1 saturated heterocycles. The summed E-state index contributed by atoms with van der Waals surface area (Å²) < 4.78 is 39.8. The van der Waals surface area contributed by atoms with Gasteiger partial charge in [-0.25, -0.2) is 4.98 Å². The maximum absolute atomic E-state index is 13.3. The Kier molecular flexibility index (Phi) is 5.16. The first-order valence-electron chi connectivity index (χ1n) is 9.13. The lowest BCUT2D eigenvalue weighted by Gasteiger charge is -2.34. The molecule has 0 unspecified atom stereocenters. The molecule has 0 radical (unpaired) electrons. The SMILES string of the molecule is O=C1NC(=C=S)N(Cc2ccccc2[C@@H]2C[C@H](C(F)(F)F)CCN2)c2nc[nH]c21. The molecule has 0 saturated carbocycles. The average molecular weight is 421 g/mol. The zero-order chi connectivity index (χ0) is 20.6. The van der Waals surface area contributed by atoms with Crippen LogP contribution in [0.25, 0.3) is 0 Å². The standard InChI is InChI=1S/C19H18F3N5OS/c20-19(21,22)12-5-6-23-14(7-12)13-4-2-1-3-11(13)8-27-15(9-29)26-18(28)16-17(27)25-10-24-16/h1-4,10,12,14,23H,5-8H2,(H,24,25)(H,26,28)/t12-,14+/m1/s1. The van der Waals surface area contributed by atoms with Gasteiger partial charge in [0.05, 0.1) is 18.8 Å². The van der Waals surface area contributed by atoms with Gasteiger partial charge in [0.2, 0.25) is 0 Å². The van der Waals surface area contributed by atoms with E-state index >= 15 is 0 Å². The fraction of sp³-hybridized carbons (Fsp3) is 0.368. The number of thiocarbonyl (C=S) groups is 1. The number of alkyl halides is 3. The van der Waals surface area contributed by atoms with Crippen molar-refractivity contribution in [2.75, 3.05) is 11.4 Å². The second kappa shape index (κ2) is 7.62. The Labute approximate surface area is 170 Å². The summed E-state index contributed by atoms with van der Waals surface area (Å²) in [5.41, 5.74) is 1.91. The third-order valence-electron chi connectivity index (χ3n) is 5.33. The molecule has 4 rings (SSSR count). The number of halogens is 3. The van der Waals surface area contributed by atoms with Gasteiger partial charge in [-0.3, -0.25) is 15.0 Å². The normalized spacial score (nSPS) is 22.1. The van der Waals surface area contributed by atoms with E-state index in [1.165, 1.54) is 6.33 Å². The van der Waals surface area contributed by atoms with Crippen molar-refractivity contribution in [3.8, 4) is 0 Å². The lowest BCUT2D eigenvalue weighted by Crippen LogP contribution is -2.42. The van der Waals surface area contributed by atoms with Crippen molar-refractivity contribution in [2.24, 2.45) is 5.92 Å². The summed E-state index contributed by atoms with van der Waals surface area (Å²) in [5.74, 6) is -1.01. The minimum Gasteiger partial charge on any atom is -0.339 e. The Morgan fingerprint density at radius 1 is 1.31 bits per heavy atom. The van der Waals surface area contributed by atoms with Gasteiger partial charge in [0, 0.05) is 6.04 Å². The molecule has 29 heavy (non-hydrogen) atoms. The topological polar surface area (TPSA) is 73.1 Å². The van der Waals surface area contributed by atoms with Gasteiger partial charge in [-0.1, -0.05) is 24.3 Å². The van der Waals surface area contributed by atoms with Crippen LogP contribution in [0.4, 0.5) is 19.0 Å². The molecule has 2 aliphatic heterocycles. The van der Waals surface area contributed by atoms with E-state index < -0.39 is 18.1 Å². The highest BCUT2D eigenvalue weighted by molar-refractivity contribution is 7.78.